The molecule has 0 spiro atoms. The summed E-state index contributed by atoms with van der Waals surface area (Å²) in [5.41, 5.74) is 8.98. The van der Waals surface area contributed by atoms with Crippen LogP contribution in [0, 0.1) is 6.92 Å². The number of aliphatic hydroxyl groups is 1. The van der Waals surface area contributed by atoms with Gasteiger partial charge in [-0.05, 0) is 30.2 Å². The van der Waals surface area contributed by atoms with E-state index in [9.17, 15) is 5.11 Å². The average Bonchev–Trinajstić information content (AvgIpc) is 2.41. The van der Waals surface area contributed by atoms with E-state index in [0.717, 1.165) is 20.1 Å². The minimum absolute atomic E-state index is 0.118. The summed E-state index contributed by atoms with van der Waals surface area (Å²) in [6.07, 6.45) is -0.634. The molecule has 0 saturated carbocycles. The molecule has 2 aromatic carbocycles. The predicted molar refractivity (Wildman–Crippen MR) is 89.8 cm³/mol. The SMILES string of the molecule is Cc1ccc(C(CN)C(O)c2ccc(Br)cc2Br)cc1. The van der Waals surface area contributed by atoms with Gasteiger partial charge in [-0.15, -0.1) is 0 Å². The van der Waals surface area contributed by atoms with E-state index in [0.29, 0.717) is 6.54 Å². The van der Waals surface area contributed by atoms with Crippen LogP contribution in [0.25, 0.3) is 0 Å². The van der Waals surface area contributed by atoms with Crippen molar-refractivity contribution in [2.24, 2.45) is 5.73 Å². The molecule has 4 heteroatoms. The lowest BCUT2D eigenvalue weighted by molar-refractivity contribution is 0.146. The van der Waals surface area contributed by atoms with Gasteiger partial charge in [0.2, 0.25) is 0 Å². The second kappa shape index (κ2) is 6.85. The molecule has 3 N–H and O–H groups in total. The van der Waals surface area contributed by atoms with Crippen LogP contribution in [0.2, 0.25) is 0 Å². The monoisotopic (exact) mass is 397 g/mol. The molecule has 0 amide bonds. The van der Waals surface area contributed by atoms with Gasteiger partial charge in [-0.1, -0.05) is 67.8 Å². The van der Waals surface area contributed by atoms with Crippen LogP contribution < -0.4 is 5.73 Å². The second-order valence-electron chi connectivity index (χ2n) is 4.86. The van der Waals surface area contributed by atoms with Gasteiger partial charge in [0.25, 0.3) is 0 Å². The van der Waals surface area contributed by atoms with Crippen LogP contribution in [0.3, 0.4) is 0 Å². The molecule has 0 bridgehead atoms. The maximum absolute atomic E-state index is 10.6. The van der Waals surface area contributed by atoms with Crippen molar-refractivity contribution in [3.63, 3.8) is 0 Å². The van der Waals surface area contributed by atoms with Crippen LogP contribution >= 0.6 is 31.9 Å². The van der Waals surface area contributed by atoms with Gasteiger partial charge >= 0.3 is 0 Å². The molecule has 0 aliphatic carbocycles. The largest absolute Gasteiger partial charge is 0.388 e. The highest BCUT2D eigenvalue weighted by Crippen LogP contribution is 2.35. The van der Waals surface area contributed by atoms with Crippen LogP contribution in [-0.4, -0.2) is 11.7 Å². The first kappa shape index (κ1) is 15.7. The molecular formula is C16H17Br2NO. The standard InChI is InChI=1S/C16H17Br2NO/c1-10-2-4-11(5-3-10)14(9-19)16(20)13-7-6-12(17)8-15(13)18/h2-8,14,16,20H,9,19H2,1H3. The maximum Gasteiger partial charge on any atom is 0.0881 e. The Morgan fingerprint density at radius 3 is 2.30 bits per heavy atom. The van der Waals surface area contributed by atoms with Crippen molar-refractivity contribution >= 4 is 31.9 Å². The molecule has 0 saturated heterocycles. The number of hydrogen-bond acceptors (Lipinski definition) is 2. The van der Waals surface area contributed by atoms with E-state index in [1.807, 2.05) is 49.4 Å². The van der Waals surface area contributed by atoms with Crippen LogP contribution in [0.4, 0.5) is 0 Å². The quantitative estimate of drug-likeness (QED) is 0.806. The molecule has 0 fully saturated rings. The zero-order chi connectivity index (χ0) is 14.7. The number of nitrogens with two attached hydrogens (primary N) is 1. The number of rotatable bonds is 4. The molecule has 106 valence electrons. The molecule has 0 heterocycles. The Labute approximate surface area is 136 Å². The van der Waals surface area contributed by atoms with E-state index in [4.69, 9.17) is 5.73 Å². The van der Waals surface area contributed by atoms with Crippen LogP contribution in [0.15, 0.2) is 51.4 Å². The van der Waals surface area contributed by atoms with Crippen molar-refractivity contribution in [3.8, 4) is 0 Å². The summed E-state index contributed by atoms with van der Waals surface area (Å²) in [5, 5.41) is 10.6. The molecule has 2 rings (SSSR count). The lowest BCUT2D eigenvalue weighted by Gasteiger charge is -2.23. The van der Waals surface area contributed by atoms with Crippen molar-refractivity contribution in [2.45, 2.75) is 18.9 Å². The highest BCUT2D eigenvalue weighted by atomic mass is 79.9. The first-order valence-electron chi connectivity index (χ1n) is 6.42. The molecular weight excluding hydrogens is 382 g/mol. The Bertz CT molecular complexity index is 584. The summed E-state index contributed by atoms with van der Waals surface area (Å²) in [5.74, 6) is -0.118. The highest BCUT2D eigenvalue weighted by molar-refractivity contribution is 9.11. The van der Waals surface area contributed by atoms with Crippen molar-refractivity contribution in [1.82, 2.24) is 0 Å². The lowest BCUT2D eigenvalue weighted by atomic mass is 9.89. The maximum atomic E-state index is 10.6. The smallest absolute Gasteiger partial charge is 0.0881 e. The van der Waals surface area contributed by atoms with E-state index in [1.54, 1.807) is 0 Å². The average molecular weight is 399 g/mol. The van der Waals surface area contributed by atoms with Gasteiger partial charge in [0.15, 0.2) is 0 Å². The third kappa shape index (κ3) is 3.50. The van der Waals surface area contributed by atoms with Crippen molar-refractivity contribution < 1.29 is 5.11 Å². The number of aryl methyl sites for hydroxylation is 1. The Morgan fingerprint density at radius 2 is 1.75 bits per heavy atom. The lowest BCUT2D eigenvalue weighted by Crippen LogP contribution is -2.20. The topological polar surface area (TPSA) is 46.2 Å². The Morgan fingerprint density at radius 1 is 1.10 bits per heavy atom. The minimum atomic E-state index is -0.634. The fourth-order valence-electron chi connectivity index (χ4n) is 2.22. The second-order valence-corrected chi connectivity index (χ2v) is 6.63. The molecule has 0 aliphatic rings. The van der Waals surface area contributed by atoms with E-state index < -0.39 is 6.10 Å². The fraction of sp³-hybridized carbons (Fsp3) is 0.250. The zero-order valence-electron chi connectivity index (χ0n) is 11.2. The number of benzene rings is 2. The Hall–Kier alpha value is -0.680. The summed E-state index contributed by atoms with van der Waals surface area (Å²) in [6, 6.07) is 13.9. The molecule has 0 radical (unpaired) electrons. The number of hydrogen-bond donors (Lipinski definition) is 2. The van der Waals surface area contributed by atoms with Crippen molar-refractivity contribution in [1.29, 1.82) is 0 Å². The highest BCUT2D eigenvalue weighted by Gasteiger charge is 2.23. The molecule has 20 heavy (non-hydrogen) atoms. The van der Waals surface area contributed by atoms with Crippen LogP contribution in [0.5, 0.6) is 0 Å². The summed E-state index contributed by atoms with van der Waals surface area (Å²) in [4.78, 5) is 0. The van der Waals surface area contributed by atoms with Gasteiger partial charge < -0.3 is 10.8 Å². The Kier molecular flexibility index (Phi) is 5.38. The normalized spacial score (nSPS) is 14.1. The summed E-state index contributed by atoms with van der Waals surface area (Å²) < 4.78 is 1.85. The third-order valence-electron chi connectivity index (χ3n) is 3.42. The summed E-state index contributed by atoms with van der Waals surface area (Å²) in [6.45, 7) is 2.44. The summed E-state index contributed by atoms with van der Waals surface area (Å²) in [7, 11) is 0. The number of halogens is 2. The molecule has 2 aromatic rings. The van der Waals surface area contributed by atoms with Gasteiger partial charge in [-0.2, -0.15) is 0 Å². The molecule has 2 unspecified atom stereocenters. The molecule has 0 aromatic heterocycles. The number of aliphatic hydroxyl groups excluding tert-OH is 1. The molecule has 0 aliphatic heterocycles. The van der Waals surface area contributed by atoms with Crippen LogP contribution in [-0.2, 0) is 0 Å². The van der Waals surface area contributed by atoms with Gasteiger partial charge in [-0.25, -0.2) is 0 Å². The van der Waals surface area contributed by atoms with Gasteiger partial charge in [0.1, 0.15) is 0 Å². The van der Waals surface area contributed by atoms with Gasteiger partial charge in [-0.3, -0.25) is 0 Å². The molecule has 2 nitrogen and oxygen atoms in total. The van der Waals surface area contributed by atoms with E-state index in [1.165, 1.54) is 5.56 Å². The van der Waals surface area contributed by atoms with Crippen molar-refractivity contribution in [2.75, 3.05) is 6.54 Å². The van der Waals surface area contributed by atoms with E-state index in [-0.39, 0.29) is 5.92 Å². The summed E-state index contributed by atoms with van der Waals surface area (Å²) >= 11 is 6.91. The van der Waals surface area contributed by atoms with E-state index >= 15 is 0 Å². The van der Waals surface area contributed by atoms with E-state index in [2.05, 4.69) is 31.9 Å². The third-order valence-corrected chi connectivity index (χ3v) is 4.60. The minimum Gasteiger partial charge on any atom is -0.388 e. The van der Waals surface area contributed by atoms with Gasteiger partial charge in [0, 0.05) is 21.4 Å². The first-order chi connectivity index (χ1) is 9.52. The van der Waals surface area contributed by atoms with Crippen LogP contribution in [0.1, 0.15) is 28.7 Å². The van der Waals surface area contributed by atoms with Gasteiger partial charge in [0.05, 0.1) is 6.10 Å². The molecule has 2 atom stereocenters. The Balaban J connectivity index is 2.33. The van der Waals surface area contributed by atoms with Crippen molar-refractivity contribution in [3.05, 3.63) is 68.1 Å². The fourth-order valence-corrected chi connectivity index (χ4v) is 3.50. The predicted octanol–water partition coefficient (Wildman–Crippen LogP) is 4.30. The zero-order valence-corrected chi connectivity index (χ0v) is 14.4. The first-order valence-corrected chi connectivity index (χ1v) is 8.01.